The van der Waals surface area contributed by atoms with E-state index in [9.17, 15) is 0 Å². The number of anilines is 2. The third-order valence-corrected chi connectivity index (χ3v) is 3.86. The van der Waals surface area contributed by atoms with Gasteiger partial charge in [0.1, 0.15) is 0 Å². The Bertz CT molecular complexity index is 580. The number of halogens is 1. The summed E-state index contributed by atoms with van der Waals surface area (Å²) >= 11 is 5.99. The lowest BCUT2D eigenvalue weighted by molar-refractivity contribution is 0.122. The van der Waals surface area contributed by atoms with E-state index in [4.69, 9.17) is 16.3 Å². The van der Waals surface area contributed by atoms with Gasteiger partial charge in [0.15, 0.2) is 0 Å². The highest BCUT2D eigenvalue weighted by atomic mass is 35.5. The molecule has 0 spiro atoms. The zero-order chi connectivity index (χ0) is 14.5. The van der Waals surface area contributed by atoms with Crippen molar-refractivity contribution in [3.8, 4) is 0 Å². The van der Waals surface area contributed by atoms with Crippen LogP contribution < -0.4 is 10.2 Å². The maximum Gasteiger partial charge on any atom is 0.0642 e. The molecule has 1 saturated heterocycles. The van der Waals surface area contributed by atoms with Gasteiger partial charge in [0.05, 0.1) is 13.2 Å². The lowest BCUT2D eigenvalue weighted by atomic mass is 10.2. The maximum atomic E-state index is 5.99. The van der Waals surface area contributed by atoms with Gasteiger partial charge in [0.2, 0.25) is 0 Å². The highest BCUT2D eigenvalue weighted by Gasteiger charge is 2.10. The number of nitrogens with zero attached hydrogens (tertiary/aromatic N) is 1. The lowest BCUT2D eigenvalue weighted by Gasteiger charge is -2.28. The fourth-order valence-electron chi connectivity index (χ4n) is 2.46. The fourth-order valence-corrected chi connectivity index (χ4v) is 2.68. The summed E-state index contributed by atoms with van der Waals surface area (Å²) in [4.78, 5) is 2.35. The van der Waals surface area contributed by atoms with Gasteiger partial charge >= 0.3 is 0 Å². The van der Waals surface area contributed by atoms with Crippen LogP contribution in [-0.4, -0.2) is 26.3 Å². The minimum absolute atomic E-state index is 0.775. The molecule has 0 amide bonds. The summed E-state index contributed by atoms with van der Waals surface area (Å²) in [5.41, 5.74) is 3.55. The molecule has 3 nitrogen and oxygen atoms in total. The van der Waals surface area contributed by atoms with Crippen LogP contribution in [0.1, 0.15) is 5.56 Å². The van der Waals surface area contributed by atoms with Crippen molar-refractivity contribution in [2.45, 2.75) is 6.54 Å². The van der Waals surface area contributed by atoms with Crippen LogP contribution in [0.25, 0.3) is 0 Å². The van der Waals surface area contributed by atoms with Gasteiger partial charge in [0.25, 0.3) is 0 Å². The van der Waals surface area contributed by atoms with Crippen molar-refractivity contribution in [1.82, 2.24) is 0 Å². The molecule has 2 aromatic rings. The second kappa shape index (κ2) is 6.83. The van der Waals surface area contributed by atoms with Crippen molar-refractivity contribution >= 4 is 23.0 Å². The number of benzene rings is 2. The highest BCUT2D eigenvalue weighted by Crippen LogP contribution is 2.20. The number of hydrogen-bond acceptors (Lipinski definition) is 3. The van der Waals surface area contributed by atoms with E-state index in [2.05, 4.69) is 40.5 Å². The van der Waals surface area contributed by atoms with Crippen LogP contribution in [0, 0.1) is 0 Å². The second-order valence-corrected chi connectivity index (χ2v) is 5.57. The first-order chi connectivity index (χ1) is 10.3. The third kappa shape index (κ3) is 3.90. The van der Waals surface area contributed by atoms with Gasteiger partial charge in [0, 0.05) is 36.0 Å². The molecule has 0 unspecified atom stereocenters. The molecule has 3 rings (SSSR count). The van der Waals surface area contributed by atoms with E-state index < -0.39 is 0 Å². The molecule has 1 aliphatic heterocycles. The van der Waals surface area contributed by atoms with E-state index >= 15 is 0 Å². The standard InChI is InChI=1S/C17H19ClN2O/c18-15-3-1-2-14(12-15)13-19-16-4-6-17(7-5-16)20-8-10-21-11-9-20/h1-7,12,19H,8-11,13H2. The Morgan fingerprint density at radius 3 is 2.52 bits per heavy atom. The number of rotatable bonds is 4. The molecule has 4 heteroatoms. The van der Waals surface area contributed by atoms with Gasteiger partial charge in [-0.15, -0.1) is 0 Å². The van der Waals surface area contributed by atoms with Crippen LogP contribution in [0.3, 0.4) is 0 Å². The molecule has 0 aromatic heterocycles. The first kappa shape index (κ1) is 14.2. The van der Waals surface area contributed by atoms with E-state index in [-0.39, 0.29) is 0 Å². The van der Waals surface area contributed by atoms with Crippen molar-refractivity contribution in [1.29, 1.82) is 0 Å². The summed E-state index contributed by atoms with van der Waals surface area (Å²) in [5, 5.41) is 4.19. The molecule has 21 heavy (non-hydrogen) atoms. The van der Waals surface area contributed by atoms with Crippen molar-refractivity contribution < 1.29 is 4.74 Å². The lowest BCUT2D eigenvalue weighted by Crippen LogP contribution is -2.36. The van der Waals surface area contributed by atoms with Crippen molar-refractivity contribution in [3.63, 3.8) is 0 Å². The van der Waals surface area contributed by atoms with Crippen LogP contribution in [0.2, 0.25) is 5.02 Å². The number of nitrogens with one attached hydrogen (secondary N) is 1. The fraction of sp³-hybridized carbons (Fsp3) is 0.294. The van der Waals surface area contributed by atoms with Gasteiger partial charge in [-0.3, -0.25) is 0 Å². The summed E-state index contributed by atoms with van der Waals surface area (Å²) in [5.74, 6) is 0. The molecule has 0 bridgehead atoms. The van der Waals surface area contributed by atoms with Crippen LogP contribution in [-0.2, 0) is 11.3 Å². The number of ether oxygens (including phenoxy) is 1. The Balaban J connectivity index is 1.59. The normalized spacial score (nSPS) is 15.0. The monoisotopic (exact) mass is 302 g/mol. The van der Waals surface area contributed by atoms with Crippen molar-refractivity contribution in [3.05, 3.63) is 59.1 Å². The SMILES string of the molecule is Clc1cccc(CNc2ccc(N3CCOCC3)cc2)c1. The number of hydrogen-bond donors (Lipinski definition) is 1. The minimum atomic E-state index is 0.775. The van der Waals surface area contributed by atoms with E-state index in [1.807, 2.05) is 18.2 Å². The van der Waals surface area contributed by atoms with Crippen LogP contribution >= 0.6 is 11.6 Å². The largest absolute Gasteiger partial charge is 0.381 e. The van der Waals surface area contributed by atoms with E-state index in [0.29, 0.717) is 0 Å². The van der Waals surface area contributed by atoms with Gasteiger partial charge in [-0.25, -0.2) is 0 Å². The first-order valence-corrected chi connectivity index (χ1v) is 7.60. The summed E-state index contributed by atoms with van der Waals surface area (Å²) in [6, 6.07) is 16.5. The predicted octanol–water partition coefficient (Wildman–Crippen LogP) is 3.79. The molecular formula is C17H19ClN2O. The van der Waals surface area contributed by atoms with Crippen LogP contribution in [0.5, 0.6) is 0 Å². The number of morpholine rings is 1. The van der Waals surface area contributed by atoms with Gasteiger partial charge in [-0.1, -0.05) is 23.7 Å². The second-order valence-electron chi connectivity index (χ2n) is 5.13. The third-order valence-electron chi connectivity index (χ3n) is 3.63. The molecule has 0 saturated carbocycles. The average Bonchev–Trinajstić information content (AvgIpc) is 2.54. The van der Waals surface area contributed by atoms with Crippen molar-refractivity contribution in [2.24, 2.45) is 0 Å². The zero-order valence-corrected chi connectivity index (χ0v) is 12.6. The molecule has 2 aromatic carbocycles. The molecule has 1 N–H and O–H groups in total. The molecule has 1 fully saturated rings. The Labute approximate surface area is 130 Å². The summed E-state index contributed by atoms with van der Waals surface area (Å²) in [7, 11) is 0. The Morgan fingerprint density at radius 2 is 1.81 bits per heavy atom. The smallest absolute Gasteiger partial charge is 0.0642 e. The van der Waals surface area contributed by atoms with Crippen molar-refractivity contribution in [2.75, 3.05) is 36.5 Å². The zero-order valence-electron chi connectivity index (χ0n) is 11.9. The topological polar surface area (TPSA) is 24.5 Å². The Kier molecular flexibility index (Phi) is 4.63. The molecule has 0 atom stereocenters. The minimum Gasteiger partial charge on any atom is -0.381 e. The predicted molar refractivity (Wildman–Crippen MR) is 88.3 cm³/mol. The van der Waals surface area contributed by atoms with E-state index in [0.717, 1.165) is 43.6 Å². The van der Waals surface area contributed by atoms with E-state index in [1.54, 1.807) is 0 Å². The van der Waals surface area contributed by atoms with Crippen LogP contribution in [0.15, 0.2) is 48.5 Å². The summed E-state index contributed by atoms with van der Waals surface area (Å²) < 4.78 is 5.38. The van der Waals surface area contributed by atoms with Gasteiger partial charge < -0.3 is 15.0 Å². The molecule has 1 aliphatic rings. The first-order valence-electron chi connectivity index (χ1n) is 7.22. The summed E-state index contributed by atoms with van der Waals surface area (Å²) in [6.07, 6.45) is 0. The molecule has 0 radical (unpaired) electrons. The Morgan fingerprint density at radius 1 is 1.05 bits per heavy atom. The molecule has 110 valence electrons. The van der Waals surface area contributed by atoms with Gasteiger partial charge in [-0.2, -0.15) is 0 Å². The molecule has 0 aliphatic carbocycles. The van der Waals surface area contributed by atoms with Gasteiger partial charge in [-0.05, 0) is 42.0 Å². The maximum absolute atomic E-state index is 5.99. The molecular weight excluding hydrogens is 284 g/mol. The van der Waals surface area contributed by atoms with Crippen LogP contribution in [0.4, 0.5) is 11.4 Å². The van der Waals surface area contributed by atoms with E-state index in [1.165, 1.54) is 11.3 Å². The Hall–Kier alpha value is -1.71. The molecule has 1 heterocycles. The highest BCUT2D eigenvalue weighted by molar-refractivity contribution is 6.30. The average molecular weight is 303 g/mol. The quantitative estimate of drug-likeness (QED) is 0.930. The summed E-state index contributed by atoms with van der Waals surface area (Å²) in [6.45, 7) is 4.34.